The van der Waals surface area contributed by atoms with E-state index in [1.807, 2.05) is 6.92 Å². The molecule has 0 aromatic heterocycles. The van der Waals surface area contributed by atoms with Crippen LogP contribution in [0.15, 0.2) is 0 Å². The topological polar surface area (TPSA) is 72.4 Å². The number of hydrogen-bond acceptors (Lipinski definition) is 6. The zero-order valence-electron chi connectivity index (χ0n) is 21.7. The van der Waals surface area contributed by atoms with Gasteiger partial charge in [-0.3, -0.25) is 0 Å². The number of carboxylic acid groups (broad SMARTS) is 1. The second-order valence-electron chi connectivity index (χ2n) is 8.44. The molecule has 0 fully saturated rings. The number of aliphatic carboxylic acids is 1. The summed E-state index contributed by atoms with van der Waals surface area (Å²) >= 11 is 6.58. The molecule has 0 saturated carbocycles. The third-order valence-electron chi connectivity index (χ3n) is 5.76. The van der Waals surface area contributed by atoms with E-state index in [-0.39, 0.29) is 25.4 Å². The van der Waals surface area contributed by atoms with E-state index < -0.39 is 11.7 Å². The molecule has 4 nitrogen and oxygen atoms in total. The van der Waals surface area contributed by atoms with Crippen molar-refractivity contribution in [1.29, 1.82) is 0 Å². The third kappa shape index (κ3) is 22.8. The van der Waals surface area contributed by atoms with Crippen LogP contribution >= 0.6 is 17.1 Å². The molecule has 0 amide bonds. The summed E-state index contributed by atoms with van der Waals surface area (Å²) in [5.41, 5.74) is -2.89. The number of unbranched alkanes of at least 4 members (excludes halogenated alkanes) is 3. The second-order valence-corrected chi connectivity index (χ2v) is 14.5. The third-order valence-corrected chi connectivity index (χ3v) is 10.1. The Morgan fingerprint density at radius 1 is 0.875 bits per heavy atom. The molecule has 8 heteroatoms. The average Bonchev–Trinajstić information content (AvgIpc) is 2.75. The van der Waals surface area contributed by atoms with Gasteiger partial charge in [-0.2, -0.15) is 0 Å². The summed E-state index contributed by atoms with van der Waals surface area (Å²) in [4.78, 5) is 22.7. The molecule has 188 valence electrons. The predicted octanol–water partition coefficient (Wildman–Crippen LogP) is 6.70. The van der Waals surface area contributed by atoms with Crippen molar-refractivity contribution in [3.63, 3.8) is 0 Å². The maximum Gasteiger partial charge on any atom is 2.00 e. The predicted molar refractivity (Wildman–Crippen MR) is 138 cm³/mol. The first-order chi connectivity index (χ1) is 14.7. The fourth-order valence-corrected chi connectivity index (χ4v) is 6.75. The van der Waals surface area contributed by atoms with E-state index in [9.17, 15) is 14.8 Å². The minimum atomic E-state index is -2.89. The summed E-state index contributed by atoms with van der Waals surface area (Å²) in [6, 6.07) is 0. The summed E-state index contributed by atoms with van der Waals surface area (Å²) < 4.78 is 5.61. The first-order valence-electron chi connectivity index (χ1n) is 12.5. The molecule has 0 aliphatic rings. The molecule has 0 radical (unpaired) electrons. The Morgan fingerprint density at radius 3 is 1.75 bits per heavy atom. The minimum Gasteiger partial charge on any atom is -0.793 e. The zero-order valence-corrected chi connectivity index (χ0v) is 27.2. The van der Waals surface area contributed by atoms with Crippen molar-refractivity contribution in [2.45, 2.75) is 119 Å². The molecule has 0 aliphatic carbocycles. The van der Waals surface area contributed by atoms with E-state index in [0.29, 0.717) is 24.9 Å². The summed E-state index contributed by atoms with van der Waals surface area (Å²) in [5, 5.41) is 10.3. The van der Waals surface area contributed by atoms with Crippen LogP contribution in [0.1, 0.15) is 119 Å². The Balaban J connectivity index is -0.000000646. The number of carbonyl (C=O) groups excluding carboxylic acids is 1. The van der Waals surface area contributed by atoms with E-state index in [2.05, 4.69) is 34.6 Å². The van der Waals surface area contributed by atoms with Crippen LogP contribution in [-0.4, -0.2) is 18.3 Å². The largest absolute Gasteiger partial charge is 2.00 e. The summed E-state index contributed by atoms with van der Waals surface area (Å²) in [7, 11) is 0. The van der Waals surface area contributed by atoms with Gasteiger partial charge in [0.1, 0.15) is 0 Å². The first-order valence-corrected chi connectivity index (χ1v) is 16.7. The van der Waals surface area contributed by atoms with E-state index in [4.69, 9.17) is 16.3 Å². The van der Waals surface area contributed by atoms with E-state index in [1.54, 1.807) is 0 Å². The average molecular weight is 562 g/mol. The van der Waals surface area contributed by atoms with Gasteiger partial charge in [-0.15, -0.1) is 11.4 Å². The quantitative estimate of drug-likeness (QED) is 0.129. The molecule has 0 bridgehead atoms. The van der Waals surface area contributed by atoms with Crippen molar-refractivity contribution < 1.29 is 38.8 Å². The van der Waals surface area contributed by atoms with Crippen molar-refractivity contribution in [3.05, 3.63) is 0 Å². The van der Waals surface area contributed by atoms with Crippen LogP contribution in [0.5, 0.6) is 0 Å². The normalized spacial score (nSPS) is 15.5. The maximum absolute atomic E-state index is 12.4. The molecule has 0 saturated heterocycles. The van der Waals surface area contributed by atoms with Crippen molar-refractivity contribution in [2.75, 3.05) is 12.4 Å². The van der Waals surface area contributed by atoms with Crippen LogP contribution in [0.25, 0.3) is 0 Å². The Morgan fingerprint density at radius 2 is 1.34 bits per heavy atom. The Hall–Kier alpha value is 1.01. The fraction of sp³-hybridized carbons (Fsp3) is 0.958. The molecular formula is C24H49O4PS2Zn. The standard InChI is InChI=1S/C16H35O2PS2.C8H16O2.Zn/c1-5-9-11-15(7-3)13-18-19(17,20)21-14-16(8-4)12-10-6-2;1-3-5-6-7(4-2)8(9)10;/h15-16H,5-14H2,1-4H3,(H,17,20);7H,3-6H2,1-2H3,(H,9,10);/q;;+2/p-2. The van der Waals surface area contributed by atoms with Crippen molar-refractivity contribution >= 4 is 34.9 Å². The van der Waals surface area contributed by atoms with E-state index in [0.717, 1.165) is 44.3 Å². The Bertz CT molecular complexity index is 445. The van der Waals surface area contributed by atoms with Gasteiger partial charge in [0.2, 0.25) is 0 Å². The van der Waals surface area contributed by atoms with Gasteiger partial charge in [-0.25, -0.2) is 0 Å². The SMILES string of the molecule is CCCCC(CC)C(=O)[O-].CCCCC(CC)COP([O-])(=S)SCC(CC)CCCC.[Zn+2]. The van der Waals surface area contributed by atoms with Gasteiger partial charge in [0, 0.05) is 17.4 Å². The van der Waals surface area contributed by atoms with E-state index in [1.165, 1.54) is 43.5 Å². The van der Waals surface area contributed by atoms with Gasteiger partial charge >= 0.3 is 19.5 Å². The smallest absolute Gasteiger partial charge is 0.793 e. The van der Waals surface area contributed by atoms with Crippen molar-refractivity contribution in [1.82, 2.24) is 0 Å². The molecule has 0 spiro atoms. The molecule has 4 atom stereocenters. The monoisotopic (exact) mass is 560 g/mol. The molecule has 0 rings (SSSR count). The molecular weight excluding hydrogens is 513 g/mol. The first kappa shape index (κ1) is 37.6. The van der Waals surface area contributed by atoms with Crippen LogP contribution in [-0.2, 0) is 40.6 Å². The van der Waals surface area contributed by atoms with E-state index >= 15 is 0 Å². The van der Waals surface area contributed by atoms with Gasteiger partial charge in [-0.05, 0) is 43.4 Å². The summed E-state index contributed by atoms with van der Waals surface area (Å²) in [6.45, 7) is 13.3. The number of carbonyl (C=O) groups is 1. The minimum absolute atomic E-state index is 0. The Labute approximate surface area is 221 Å². The summed E-state index contributed by atoms with van der Waals surface area (Å²) in [6.07, 6.45) is 13.0. The number of carboxylic acids is 1. The van der Waals surface area contributed by atoms with Crippen LogP contribution in [0, 0.1) is 17.8 Å². The fourth-order valence-electron chi connectivity index (χ4n) is 3.17. The molecule has 0 aliphatic heterocycles. The number of rotatable bonds is 19. The zero-order chi connectivity index (χ0) is 24.1. The van der Waals surface area contributed by atoms with Crippen LogP contribution in [0.2, 0.25) is 0 Å². The van der Waals surface area contributed by atoms with Gasteiger partial charge in [-0.1, -0.05) is 105 Å². The molecule has 4 unspecified atom stereocenters. The van der Waals surface area contributed by atoms with Gasteiger partial charge in [0.15, 0.2) is 0 Å². The molecule has 0 heterocycles. The molecule has 0 aromatic rings. The van der Waals surface area contributed by atoms with Crippen LogP contribution in [0.4, 0.5) is 0 Å². The Kier molecular flexibility index (Phi) is 29.5. The molecule has 0 aromatic carbocycles. The van der Waals surface area contributed by atoms with Gasteiger partial charge < -0.3 is 19.3 Å². The summed E-state index contributed by atoms with van der Waals surface area (Å²) in [5.74, 6) is 0.889. The van der Waals surface area contributed by atoms with Crippen LogP contribution in [0.3, 0.4) is 0 Å². The van der Waals surface area contributed by atoms with Crippen molar-refractivity contribution in [2.24, 2.45) is 17.8 Å². The van der Waals surface area contributed by atoms with Crippen LogP contribution < -0.4 is 10.00 Å². The van der Waals surface area contributed by atoms with Gasteiger partial charge in [0.05, 0.1) is 6.61 Å². The number of hydrogen-bond donors (Lipinski definition) is 0. The van der Waals surface area contributed by atoms with Crippen molar-refractivity contribution in [3.8, 4) is 0 Å². The maximum atomic E-state index is 12.4. The molecule has 0 N–H and O–H groups in total. The van der Waals surface area contributed by atoms with Gasteiger partial charge in [0.25, 0.3) is 0 Å². The molecule has 32 heavy (non-hydrogen) atoms. The second kappa shape index (κ2) is 25.1.